The van der Waals surface area contributed by atoms with Gasteiger partial charge in [-0.1, -0.05) is 57.6 Å². The zero-order valence-electron chi connectivity index (χ0n) is 23.6. The Balaban J connectivity index is 1.52. The van der Waals surface area contributed by atoms with Crippen LogP contribution in [0.4, 0.5) is 5.69 Å². The number of thiazole rings is 1. The van der Waals surface area contributed by atoms with Crippen LogP contribution in [0.2, 0.25) is 0 Å². The zero-order chi connectivity index (χ0) is 30.0. The Morgan fingerprint density at radius 1 is 1.07 bits per heavy atom. The highest BCUT2D eigenvalue weighted by Crippen LogP contribution is 2.32. The molecule has 0 amide bonds. The fraction of sp³-hybridized carbons (Fsp3) is 0.219. The number of rotatable bonds is 8. The lowest BCUT2D eigenvalue weighted by Gasteiger charge is -2.25. The molecule has 0 saturated heterocycles. The summed E-state index contributed by atoms with van der Waals surface area (Å²) in [5.74, 6) is 0.227. The summed E-state index contributed by atoms with van der Waals surface area (Å²) >= 11 is 8.35. The fourth-order valence-electron chi connectivity index (χ4n) is 4.68. The Hall–Kier alpha value is -3.47. The molecule has 7 nitrogen and oxygen atoms in total. The molecule has 0 aliphatic carbocycles. The molecule has 0 spiro atoms. The van der Waals surface area contributed by atoms with E-state index >= 15 is 0 Å². The molecule has 1 aliphatic rings. The molecule has 42 heavy (non-hydrogen) atoms. The molecule has 0 saturated carbocycles. The first kappa shape index (κ1) is 30.0. The molecule has 4 aromatic rings. The van der Waals surface area contributed by atoms with Crippen LogP contribution in [0.3, 0.4) is 0 Å². The van der Waals surface area contributed by atoms with Gasteiger partial charge in [-0.25, -0.2) is 9.79 Å². The summed E-state index contributed by atoms with van der Waals surface area (Å²) in [5.41, 5.74) is 4.39. The van der Waals surface area contributed by atoms with Crippen molar-refractivity contribution in [1.29, 1.82) is 0 Å². The number of carbonyl (C=O) groups is 1. The molecule has 0 fully saturated rings. The molecule has 1 aromatic heterocycles. The normalized spacial score (nSPS) is 14.8. The summed E-state index contributed by atoms with van der Waals surface area (Å²) in [6, 6.07) is 20.9. The number of benzene rings is 3. The Labute approximate surface area is 264 Å². The lowest BCUT2D eigenvalue weighted by Crippen LogP contribution is -2.39. The van der Waals surface area contributed by atoms with E-state index in [1.54, 1.807) is 18.4 Å². The van der Waals surface area contributed by atoms with Crippen molar-refractivity contribution in [2.24, 2.45) is 4.99 Å². The predicted molar refractivity (Wildman–Crippen MR) is 174 cm³/mol. The van der Waals surface area contributed by atoms with Crippen molar-refractivity contribution in [2.45, 2.75) is 26.5 Å². The summed E-state index contributed by atoms with van der Waals surface area (Å²) < 4.78 is 15.3. The standard InChI is InChI=1S/C32H29Br2N3O4S/c1-5-40-31(39)28-19(2)35-32-37(29(28)22-9-13-24(14-10-22)36(3)4)30(38)27(42-32)17-21-8-15-26(25(34)16-21)41-18-20-6-11-23(33)12-7-20/h6-17,29H,5,18H2,1-4H3/b27-17-/t29-/m1/s1. The van der Waals surface area contributed by atoms with Crippen molar-refractivity contribution in [3.8, 4) is 5.75 Å². The van der Waals surface area contributed by atoms with Gasteiger partial charge in [0.05, 0.1) is 32.9 Å². The van der Waals surface area contributed by atoms with Crippen LogP contribution in [0.1, 0.15) is 36.6 Å². The summed E-state index contributed by atoms with van der Waals surface area (Å²) in [6.45, 7) is 4.21. The van der Waals surface area contributed by atoms with Gasteiger partial charge in [-0.15, -0.1) is 0 Å². The first-order valence-electron chi connectivity index (χ1n) is 13.3. The first-order chi connectivity index (χ1) is 20.2. The van der Waals surface area contributed by atoms with E-state index in [1.807, 2.05) is 91.8 Å². The van der Waals surface area contributed by atoms with Gasteiger partial charge in [0.1, 0.15) is 12.4 Å². The van der Waals surface area contributed by atoms with E-state index in [1.165, 1.54) is 11.3 Å². The minimum atomic E-state index is -0.653. The van der Waals surface area contributed by atoms with Gasteiger partial charge in [-0.3, -0.25) is 9.36 Å². The molecule has 5 rings (SSSR count). The summed E-state index contributed by atoms with van der Waals surface area (Å²) in [5, 5.41) is 0. The lowest BCUT2D eigenvalue weighted by molar-refractivity contribution is -0.139. The minimum Gasteiger partial charge on any atom is -0.488 e. The number of nitrogens with zero attached hydrogens (tertiary/aromatic N) is 3. The van der Waals surface area contributed by atoms with Crippen LogP contribution >= 0.6 is 43.2 Å². The maximum atomic E-state index is 13.9. The molecular weight excluding hydrogens is 682 g/mol. The van der Waals surface area contributed by atoms with Crippen LogP contribution in [-0.4, -0.2) is 31.2 Å². The topological polar surface area (TPSA) is 73.1 Å². The number of esters is 1. The van der Waals surface area contributed by atoms with Crippen LogP contribution in [0.5, 0.6) is 5.75 Å². The molecule has 0 bridgehead atoms. The number of halogens is 2. The number of fused-ring (bicyclic) bond motifs is 1. The average molecular weight is 711 g/mol. The number of anilines is 1. The fourth-order valence-corrected chi connectivity index (χ4v) is 6.50. The van der Waals surface area contributed by atoms with Crippen molar-refractivity contribution < 1.29 is 14.3 Å². The Kier molecular flexibility index (Phi) is 9.15. The Morgan fingerprint density at radius 3 is 2.43 bits per heavy atom. The molecule has 3 aromatic carbocycles. The van der Waals surface area contributed by atoms with Crippen LogP contribution in [0, 0.1) is 0 Å². The monoisotopic (exact) mass is 709 g/mol. The lowest BCUT2D eigenvalue weighted by atomic mass is 9.95. The van der Waals surface area contributed by atoms with Gasteiger partial charge < -0.3 is 14.4 Å². The maximum Gasteiger partial charge on any atom is 0.338 e. The third-order valence-electron chi connectivity index (χ3n) is 6.80. The quantitative estimate of drug-likeness (QED) is 0.211. The van der Waals surface area contributed by atoms with Crippen molar-refractivity contribution in [3.05, 3.63) is 123 Å². The average Bonchev–Trinajstić information content (AvgIpc) is 3.26. The maximum absolute atomic E-state index is 13.9. The zero-order valence-corrected chi connectivity index (χ0v) is 27.5. The van der Waals surface area contributed by atoms with Crippen LogP contribution in [0.15, 0.2) is 96.7 Å². The largest absolute Gasteiger partial charge is 0.488 e. The predicted octanol–water partition coefficient (Wildman–Crippen LogP) is 5.97. The second-order valence-electron chi connectivity index (χ2n) is 9.89. The van der Waals surface area contributed by atoms with E-state index in [2.05, 4.69) is 36.9 Å². The molecule has 0 radical (unpaired) electrons. The number of hydrogen-bond acceptors (Lipinski definition) is 7. The summed E-state index contributed by atoms with van der Waals surface area (Å²) in [4.78, 5) is 34.2. The van der Waals surface area contributed by atoms with Gasteiger partial charge in [0, 0.05) is 24.3 Å². The van der Waals surface area contributed by atoms with Gasteiger partial charge >= 0.3 is 5.97 Å². The second-order valence-corrected chi connectivity index (χ2v) is 12.7. The van der Waals surface area contributed by atoms with Crippen LogP contribution < -0.4 is 24.5 Å². The van der Waals surface area contributed by atoms with Gasteiger partial charge in [0.2, 0.25) is 0 Å². The van der Waals surface area contributed by atoms with Crippen molar-refractivity contribution in [2.75, 3.05) is 25.6 Å². The molecule has 1 aliphatic heterocycles. The smallest absolute Gasteiger partial charge is 0.338 e. The summed E-state index contributed by atoms with van der Waals surface area (Å²) in [6.07, 6.45) is 1.84. The molecule has 0 unspecified atom stereocenters. The summed E-state index contributed by atoms with van der Waals surface area (Å²) in [7, 11) is 3.93. The third kappa shape index (κ3) is 6.30. The highest BCUT2D eigenvalue weighted by molar-refractivity contribution is 9.10. The second kappa shape index (κ2) is 12.8. The molecular formula is C32H29Br2N3O4S. The first-order valence-corrected chi connectivity index (χ1v) is 15.7. The number of aromatic nitrogens is 1. The number of hydrogen-bond donors (Lipinski definition) is 0. The Bertz CT molecular complexity index is 1840. The van der Waals surface area contributed by atoms with Crippen molar-refractivity contribution in [3.63, 3.8) is 0 Å². The van der Waals surface area contributed by atoms with Crippen molar-refractivity contribution in [1.82, 2.24) is 4.57 Å². The van der Waals surface area contributed by atoms with E-state index in [4.69, 9.17) is 9.47 Å². The highest BCUT2D eigenvalue weighted by Gasteiger charge is 2.33. The van der Waals surface area contributed by atoms with Crippen molar-refractivity contribution >= 4 is 60.9 Å². The number of ether oxygens (including phenoxy) is 2. The highest BCUT2D eigenvalue weighted by atomic mass is 79.9. The van der Waals surface area contributed by atoms with E-state index in [-0.39, 0.29) is 12.2 Å². The van der Waals surface area contributed by atoms with E-state index in [0.29, 0.717) is 33.0 Å². The van der Waals surface area contributed by atoms with E-state index in [0.717, 1.165) is 31.3 Å². The van der Waals surface area contributed by atoms with Crippen LogP contribution in [0.25, 0.3) is 6.08 Å². The SMILES string of the molecule is CCOC(=O)C1=C(C)N=c2s/c(=C\c3ccc(OCc4ccc(Br)cc4)c(Br)c3)c(=O)n2[C@@H]1c1ccc(N(C)C)cc1. The van der Waals surface area contributed by atoms with E-state index < -0.39 is 12.0 Å². The van der Waals surface area contributed by atoms with E-state index in [9.17, 15) is 9.59 Å². The molecule has 10 heteroatoms. The molecule has 2 heterocycles. The third-order valence-corrected chi connectivity index (χ3v) is 8.93. The Morgan fingerprint density at radius 2 is 1.79 bits per heavy atom. The molecule has 1 atom stereocenters. The number of carbonyl (C=O) groups excluding carboxylic acids is 1. The molecule has 216 valence electrons. The van der Waals surface area contributed by atoms with Gasteiger partial charge in [-0.05, 0) is 88.9 Å². The minimum absolute atomic E-state index is 0.221. The van der Waals surface area contributed by atoms with Gasteiger partial charge in [-0.2, -0.15) is 0 Å². The van der Waals surface area contributed by atoms with Gasteiger partial charge in [0.15, 0.2) is 4.80 Å². The van der Waals surface area contributed by atoms with Crippen LogP contribution in [-0.2, 0) is 16.1 Å². The van der Waals surface area contributed by atoms with Gasteiger partial charge in [0.25, 0.3) is 5.56 Å². The number of allylic oxidation sites excluding steroid dienone is 1. The molecule has 0 N–H and O–H groups in total.